The number of nitrogens with one attached hydrogen (secondary N) is 1. The highest BCUT2D eigenvalue weighted by Crippen LogP contribution is 2.22. The smallest absolute Gasteiger partial charge is 0.0948 e. The molecule has 0 bridgehead atoms. The van der Waals surface area contributed by atoms with Crippen LogP contribution in [0.1, 0.15) is 44.3 Å². The Balaban J connectivity index is 1.87. The minimum atomic E-state index is 0.498. The van der Waals surface area contributed by atoms with Crippen LogP contribution in [0.3, 0.4) is 0 Å². The summed E-state index contributed by atoms with van der Waals surface area (Å²) in [6, 6.07) is 0.498. The molecule has 1 aromatic heterocycles. The van der Waals surface area contributed by atoms with Gasteiger partial charge in [-0.25, -0.2) is 4.98 Å². The van der Waals surface area contributed by atoms with Crippen molar-refractivity contribution in [2.75, 3.05) is 19.8 Å². The van der Waals surface area contributed by atoms with Gasteiger partial charge >= 0.3 is 0 Å². The van der Waals surface area contributed by atoms with Crippen LogP contribution < -0.4 is 5.32 Å². The Bertz CT molecular complexity index is 318. The molecular weight excluding hydrogens is 214 g/mol. The Morgan fingerprint density at radius 1 is 1.53 bits per heavy atom. The molecule has 2 rings (SSSR count). The molecule has 4 heteroatoms. The average molecular weight is 237 g/mol. The van der Waals surface area contributed by atoms with Crippen molar-refractivity contribution in [3.05, 3.63) is 18.2 Å². The first-order chi connectivity index (χ1) is 8.42. The van der Waals surface area contributed by atoms with Crippen LogP contribution in [0.2, 0.25) is 0 Å². The summed E-state index contributed by atoms with van der Waals surface area (Å²) in [6.45, 7) is 5.82. The van der Waals surface area contributed by atoms with E-state index in [1.54, 1.807) is 0 Å². The summed E-state index contributed by atoms with van der Waals surface area (Å²) in [7, 11) is 0. The van der Waals surface area contributed by atoms with Crippen LogP contribution in [0.4, 0.5) is 0 Å². The normalized spacial score (nSPS) is 20.6. The van der Waals surface area contributed by atoms with Crippen molar-refractivity contribution in [3.63, 3.8) is 0 Å². The van der Waals surface area contributed by atoms with Crippen LogP contribution in [0.5, 0.6) is 0 Å². The number of hydrogen-bond donors (Lipinski definition) is 1. The number of piperidine rings is 1. The number of nitrogens with zero attached hydrogens (tertiary/aromatic N) is 2. The van der Waals surface area contributed by atoms with Gasteiger partial charge in [0.05, 0.1) is 12.0 Å². The third-order valence-electron chi connectivity index (χ3n) is 3.30. The zero-order chi connectivity index (χ0) is 11.9. The zero-order valence-electron chi connectivity index (χ0n) is 10.7. The summed E-state index contributed by atoms with van der Waals surface area (Å²) < 4.78 is 7.63. The predicted octanol–water partition coefficient (Wildman–Crippen LogP) is 2.12. The number of aryl methyl sites for hydroxylation is 1. The maximum absolute atomic E-state index is 5.37. The zero-order valence-corrected chi connectivity index (χ0v) is 10.7. The molecule has 1 aliphatic heterocycles. The summed E-state index contributed by atoms with van der Waals surface area (Å²) in [5.41, 5.74) is 1.33. The minimum absolute atomic E-state index is 0.498. The molecule has 0 spiro atoms. The van der Waals surface area contributed by atoms with Crippen LogP contribution >= 0.6 is 0 Å². The van der Waals surface area contributed by atoms with Gasteiger partial charge < -0.3 is 14.6 Å². The van der Waals surface area contributed by atoms with E-state index in [2.05, 4.69) is 14.9 Å². The molecule has 0 aliphatic carbocycles. The maximum Gasteiger partial charge on any atom is 0.0948 e. The molecular formula is C13H23N3O. The van der Waals surface area contributed by atoms with Gasteiger partial charge in [0.25, 0.3) is 0 Å². The highest BCUT2D eigenvalue weighted by molar-refractivity contribution is 5.06. The van der Waals surface area contributed by atoms with E-state index in [1.165, 1.54) is 25.0 Å². The molecule has 1 saturated heterocycles. The minimum Gasteiger partial charge on any atom is -0.382 e. The van der Waals surface area contributed by atoms with Crippen molar-refractivity contribution in [1.29, 1.82) is 0 Å². The van der Waals surface area contributed by atoms with Crippen molar-refractivity contribution >= 4 is 0 Å². The van der Waals surface area contributed by atoms with Crippen LogP contribution in [0.15, 0.2) is 12.5 Å². The van der Waals surface area contributed by atoms with E-state index in [0.29, 0.717) is 6.04 Å². The first kappa shape index (κ1) is 12.6. The second-order valence-electron chi connectivity index (χ2n) is 4.56. The van der Waals surface area contributed by atoms with E-state index in [-0.39, 0.29) is 0 Å². The van der Waals surface area contributed by atoms with Gasteiger partial charge in [-0.05, 0) is 32.7 Å². The molecule has 96 valence electrons. The Morgan fingerprint density at radius 2 is 2.47 bits per heavy atom. The molecule has 0 radical (unpaired) electrons. The lowest BCUT2D eigenvalue weighted by Crippen LogP contribution is -2.28. The Kier molecular flexibility index (Phi) is 5.01. The molecule has 1 atom stereocenters. The van der Waals surface area contributed by atoms with Crippen molar-refractivity contribution < 1.29 is 4.74 Å². The van der Waals surface area contributed by atoms with Gasteiger partial charge in [0.2, 0.25) is 0 Å². The Labute approximate surface area is 103 Å². The molecule has 1 aromatic rings. The van der Waals surface area contributed by atoms with Gasteiger partial charge in [-0.3, -0.25) is 0 Å². The molecule has 1 aliphatic rings. The Hall–Kier alpha value is -0.870. The van der Waals surface area contributed by atoms with E-state index in [0.717, 1.165) is 32.7 Å². The molecule has 1 unspecified atom stereocenters. The third-order valence-corrected chi connectivity index (χ3v) is 3.30. The lowest BCUT2D eigenvalue weighted by molar-refractivity contribution is 0.141. The van der Waals surface area contributed by atoms with E-state index in [1.807, 2.05) is 19.4 Å². The predicted molar refractivity (Wildman–Crippen MR) is 67.9 cm³/mol. The topological polar surface area (TPSA) is 39.1 Å². The second kappa shape index (κ2) is 6.77. The number of imidazole rings is 1. The fourth-order valence-electron chi connectivity index (χ4n) is 2.39. The molecule has 4 nitrogen and oxygen atoms in total. The van der Waals surface area contributed by atoms with Gasteiger partial charge in [0.15, 0.2) is 0 Å². The highest BCUT2D eigenvalue weighted by atomic mass is 16.5. The van der Waals surface area contributed by atoms with Gasteiger partial charge in [0, 0.05) is 32.0 Å². The molecule has 0 amide bonds. The van der Waals surface area contributed by atoms with Crippen LogP contribution in [-0.2, 0) is 11.3 Å². The van der Waals surface area contributed by atoms with Crippen molar-refractivity contribution in [2.24, 2.45) is 0 Å². The van der Waals surface area contributed by atoms with Crippen LogP contribution in [0, 0.1) is 0 Å². The number of aromatic nitrogens is 2. The van der Waals surface area contributed by atoms with E-state index in [4.69, 9.17) is 4.74 Å². The summed E-state index contributed by atoms with van der Waals surface area (Å²) in [5.74, 6) is 0. The second-order valence-corrected chi connectivity index (χ2v) is 4.56. The van der Waals surface area contributed by atoms with Gasteiger partial charge in [-0.15, -0.1) is 0 Å². The third kappa shape index (κ3) is 3.54. The fraction of sp³-hybridized carbons (Fsp3) is 0.769. The summed E-state index contributed by atoms with van der Waals surface area (Å²) in [4.78, 5) is 4.28. The monoisotopic (exact) mass is 237 g/mol. The quantitative estimate of drug-likeness (QED) is 0.770. The number of hydrogen-bond acceptors (Lipinski definition) is 3. The standard InChI is InChI=1S/C13H23N3O/c1-2-17-9-5-8-16-11-14-10-13(16)12-6-3-4-7-15-12/h10-12,15H,2-9H2,1H3. The SMILES string of the molecule is CCOCCCn1cncc1C1CCCCN1. The lowest BCUT2D eigenvalue weighted by Gasteiger charge is -2.24. The van der Waals surface area contributed by atoms with Gasteiger partial charge in [-0.1, -0.05) is 6.42 Å². The summed E-state index contributed by atoms with van der Waals surface area (Å²) >= 11 is 0. The molecule has 2 heterocycles. The first-order valence-electron chi connectivity index (χ1n) is 6.73. The largest absolute Gasteiger partial charge is 0.382 e. The molecule has 1 N–H and O–H groups in total. The number of rotatable bonds is 6. The fourth-order valence-corrected chi connectivity index (χ4v) is 2.39. The molecule has 17 heavy (non-hydrogen) atoms. The summed E-state index contributed by atoms with van der Waals surface area (Å²) in [6.07, 6.45) is 8.86. The van der Waals surface area contributed by atoms with Crippen molar-refractivity contribution in [3.8, 4) is 0 Å². The highest BCUT2D eigenvalue weighted by Gasteiger charge is 2.17. The molecule has 0 aromatic carbocycles. The van der Waals surface area contributed by atoms with Crippen molar-refractivity contribution in [2.45, 2.75) is 45.2 Å². The first-order valence-corrected chi connectivity index (χ1v) is 6.73. The summed E-state index contributed by atoms with van der Waals surface area (Å²) in [5, 5.41) is 3.57. The molecule has 1 fully saturated rings. The van der Waals surface area contributed by atoms with E-state index >= 15 is 0 Å². The van der Waals surface area contributed by atoms with Gasteiger partial charge in [-0.2, -0.15) is 0 Å². The van der Waals surface area contributed by atoms with Crippen LogP contribution in [0.25, 0.3) is 0 Å². The van der Waals surface area contributed by atoms with E-state index < -0.39 is 0 Å². The lowest BCUT2D eigenvalue weighted by atomic mass is 10.0. The Morgan fingerprint density at radius 3 is 3.24 bits per heavy atom. The average Bonchev–Trinajstić information content (AvgIpc) is 2.84. The van der Waals surface area contributed by atoms with Crippen molar-refractivity contribution in [1.82, 2.24) is 14.9 Å². The van der Waals surface area contributed by atoms with Crippen LogP contribution in [-0.4, -0.2) is 29.3 Å². The van der Waals surface area contributed by atoms with E-state index in [9.17, 15) is 0 Å². The van der Waals surface area contributed by atoms with Gasteiger partial charge in [0.1, 0.15) is 0 Å². The number of ether oxygens (including phenoxy) is 1. The maximum atomic E-state index is 5.37. The molecule has 0 saturated carbocycles.